The largest absolute Gasteiger partial charge is 0.449 e. The number of ether oxygens (including phenoxy) is 1. The molecule has 3 rings (SSSR count). The molecule has 0 fully saturated rings. The van der Waals surface area contributed by atoms with Gasteiger partial charge in [0.1, 0.15) is 6.33 Å². The Morgan fingerprint density at radius 1 is 1.12 bits per heavy atom. The Labute approximate surface area is 149 Å². The number of amides is 1. The highest BCUT2D eigenvalue weighted by Gasteiger charge is 2.18. The summed E-state index contributed by atoms with van der Waals surface area (Å²) in [6, 6.07) is 16.1. The predicted octanol–water partition coefficient (Wildman–Crippen LogP) is 1.52. The molecule has 0 saturated heterocycles. The van der Waals surface area contributed by atoms with Crippen molar-refractivity contribution in [3.05, 3.63) is 72.1 Å². The molecule has 1 amide bonds. The molecule has 26 heavy (non-hydrogen) atoms. The highest BCUT2D eigenvalue weighted by atomic mass is 16.5. The summed E-state index contributed by atoms with van der Waals surface area (Å²) in [4.78, 5) is 24.3. The minimum Gasteiger partial charge on any atom is -0.449 e. The molecular weight excluding hydrogens is 334 g/mol. The van der Waals surface area contributed by atoms with Crippen LogP contribution in [0.15, 0.2) is 60.9 Å². The Morgan fingerprint density at radius 3 is 2.50 bits per heavy atom. The van der Waals surface area contributed by atoms with Crippen molar-refractivity contribution in [1.82, 2.24) is 25.5 Å². The van der Waals surface area contributed by atoms with Crippen LogP contribution in [0.25, 0.3) is 5.69 Å². The van der Waals surface area contributed by atoms with Crippen LogP contribution in [0, 0.1) is 0 Å². The van der Waals surface area contributed by atoms with Gasteiger partial charge in [-0.25, -0.2) is 9.48 Å². The Balaban J connectivity index is 1.54. The topological polar surface area (TPSA) is 99.0 Å². The molecule has 0 radical (unpaired) electrons. The SMILES string of the molecule is C[C@H](OC(=O)c1ccc(-n2cnnn2)cc1)C(=O)NCc1ccccc1. The van der Waals surface area contributed by atoms with Crippen LogP contribution in [0.4, 0.5) is 0 Å². The zero-order valence-electron chi connectivity index (χ0n) is 14.1. The molecular formula is C18H17N5O3. The van der Waals surface area contributed by atoms with Crippen molar-refractivity contribution in [2.75, 3.05) is 0 Å². The van der Waals surface area contributed by atoms with Crippen molar-refractivity contribution in [3.63, 3.8) is 0 Å². The van der Waals surface area contributed by atoms with E-state index in [1.165, 1.54) is 17.9 Å². The maximum atomic E-state index is 12.2. The van der Waals surface area contributed by atoms with Gasteiger partial charge >= 0.3 is 5.97 Å². The van der Waals surface area contributed by atoms with Crippen LogP contribution >= 0.6 is 0 Å². The monoisotopic (exact) mass is 351 g/mol. The average Bonchev–Trinajstić information content (AvgIpc) is 3.21. The van der Waals surface area contributed by atoms with Crippen molar-refractivity contribution in [1.29, 1.82) is 0 Å². The van der Waals surface area contributed by atoms with Gasteiger partial charge in [-0.1, -0.05) is 30.3 Å². The molecule has 8 heteroatoms. The summed E-state index contributed by atoms with van der Waals surface area (Å²) >= 11 is 0. The third kappa shape index (κ3) is 4.29. The number of carbonyl (C=O) groups excluding carboxylic acids is 2. The summed E-state index contributed by atoms with van der Waals surface area (Å²) in [6.45, 7) is 1.91. The number of nitrogens with one attached hydrogen (secondary N) is 1. The standard InChI is InChI=1S/C18H17N5O3/c1-13(17(24)19-11-14-5-3-2-4-6-14)26-18(25)15-7-9-16(10-8-15)23-12-20-21-22-23/h2-10,12-13H,11H2,1H3,(H,19,24)/t13-/m0/s1. The van der Waals surface area contributed by atoms with Gasteiger partial charge in [-0.2, -0.15) is 0 Å². The molecule has 0 spiro atoms. The van der Waals surface area contributed by atoms with E-state index in [0.29, 0.717) is 17.8 Å². The van der Waals surface area contributed by atoms with E-state index in [0.717, 1.165) is 5.56 Å². The first-order valence-corrected chi connectivity index (χ1v) is 7.99. The fraction of sp³-hybridized carbons (Fsp3) is 0.167. The number of nitrogens with zero attached hydrogens (tertiary/aromatic N) is 4. The Hall–Kier alpha value is -3.55. The van der Waals surface area contributed by atoms with E-state index in [1.807, 2.05) is 30.3 Å². The number of hydrogen-bond acceptors (Lipinski definition) is 6. The first-order valence-electron chi connectivity index (χ1n) is 7.99. The van der Waals surface area contributed by atoms with Crippen molar-refractivity contribution in [2.24, 2.45) is 0 Å². The van der Waals surface area contributed by atoms with Crippen LogP contribution in [0.3, 0.4) is 0 Å². The van der Waals surface area contributed by atoms with Gasteiger partial charge in [0, 0.05) is 6.54 Å². The highest BCUT2D eigenvalue weighted by molar-refractivity contribution is 5.92. The number of carbonyl (C=O) groups is 2. The van der Waals surface area contributed by atoms with E-state index in [-0.39, 0.29) is 5.91 Å². The van der Waals surface area contributed by atoms with E-state index in [4.69, 9.17) is 4.74 Å². The first kappa shape index (κ1) is 17.3. The van der Waals surface area contributed by atoms with Crippen LogP contribution in [0.5, 0.6) is 0 Å². The van der Waals surface area contributed by atoms with Gasteiger partial charge < -0.3 is 10.1 Å². The molecule has 0 unspecified atom stereocenters. The molecule has 1 atom stereocenters. The third-order valence-corrected chi connectivity index (χ3v) is 3.68. The molecule has 132 valence electrons. The van der Waals surface area contributed by atoms with Gasteiger partial charge in [0.25, 0.3) is 5.91 Å². The summed E-state index contributed by atoms with van der Waals surface area (Å²) in [5, 5.41) is 13.6. The summed E-state index contributed by atoms with van der Waals surface area (Å²) < 4.78 is 6.69. The number of esters is 1. The molecule has 3 aromatic rings. The summed E-state index contributed by atoms with van der Waals surface area (Å²) in [7, 11) is 0. The molecule has 2 aromatic carbocycles. The lowest BCUT2D eigenvalue weighted by Gasteiger charge is -2.13. The van der Waals surface area contributed by atoms with E-state index in [9.17, 15) is 9.59 Å². The van der Waals surface area contributed by atoms with Crippen LogP contribution in [-0.4, -0.2) is 38.2 Å². The molecule has 0 bridgehead atoms. The van der Waals surface area contributed by atoms with Crippen molar-refractivity contribution in [2.45, 2.75) is 19.6 Å². The molecule has 1 N–H and O–H groups in total. The lowest BCUT2D eigenvalue weighted by molar-refractivity contribution is -0.129. The maximum Gasteiger partial charge on any atom is 0.338 e. The van der Waals surface area contributed by atoms with Gasteiger partial charge in [-0.3, -0.25) is 4.79 Å². The minimum absolute atomic E-state index is 0.338. The maximum absolute atomic E-state index is 12.2. The average molecular weight is 351 g/mol. The van der Waals surface area contributed by atoms with E-state index >= 15 is 0 Å². The molecule has 1 aromatic heterocycles. The lowest BCUT2D eigenvalue weighted by atomic mass is 10.2. The van der Waals surface area contributed by atoms with E-state index < -0.39 is 12.1 Å². The molecule has 0 saturated carbocycles. The summed E-state index contributed by atoms with van der Waals surface area (Å²) in [5.41, 5.74) is 2.02. The lowest BCUT2D eigenvalue weighted by Crippen LogP contribution is -2.35. The highest BCUT2D eigenvalue weighted by Crippen LogP contribution is 2.10. The number of benzene rings is 2. The summed E-state index contributed by atoms with van der Waals surface area (Å²) in [6.07, 6.45) is 0.553. The fourth-order valence-corrected chi connectivity index (χ4v) is 2.24. The van der Waals surface area contributed by atoms with Gasteiger partial charge in [0.2, 0.25) is 0 Å². The minimum atomic E-state index is -0.898. The Bertz CT molecular complexity index is 864. The van der Waals surface area contributed by atoms with Crippen LogP contribution < -0.4 is 5.32 Å². The number of rotatable bonds is 6. The number of hydrogen-bond donors (Lipinski definition) is 1. The smallest absolute Gasteiger partial charge is 0.338 e. The fourth-order valence-electron chi connectivity index (χ4n) is 2.24. The van der Waals surface area contributed by atoms with Crippen molar-refractivity contribution < 1.29 is 14.3 Å². The second kappa shape index (κ2) is 8.02. The second-order valence-electron chi connectivity index (χ2n) is 5.55. The van der Waals surface area contributed by atoms with Crippen LogP contribution in [0.1, 0.15) is 22.8 Å². The van der Waals surface area contributed by atoms with Crippen molar-refractivity contribution >= 4 is 11.9 Å². The quantitative estimate of drug-likeness (QED) is 0.676. The van der Waals surface area contributed by atoms with Crippen LogP contribution in [0.2, 0.25) is 0 Å². The number of tetrazole rings is 1. The Morgan fingerprint density at radius 2 is 1.85 bits per heavy atom. The predicted molar refractivity (Wildman–Crippen MR) is 92.3 cm³/mol. The van der Waals surface area contributed by atoms with Crippen LogP contribution in [-0.2, 0) is 16.1 Å². The molecule has 0 aliphatic heterocycles. The number of aromatic nitrogens is 4. The van der Waals surface area contributed by atoms with Gasteiger partial charge in [-0.15, -0.1) is 5.10 Å². The molecule has 0 aliphatic carbocycles. The third-order valence-electron chi connectivity index (χ3n) is 3.68. The normalized spacial score (nSPS) is 11.6. The van der Waals surface area contributed by atoms with E-state index in [2.05, 4.69) is 20.8 Å². The zero-order chi connectivity index (χ0) is 18.4. The van der Waals surface area contributed by atoms with Crippen molar-refractivity contribution in [3.8, 4) is 5.69 Å². The molecule has 8 nitrogen and oxygen atoms in total. The van der Waals surface area contributed by atoms with Gasteiger partial charge in [0.05, 0.1) is 11.3 Å². The van der Waals surface area contributed by atoms with Gasteiger partial charge in [-0.05, 0) is 47.2 Å². The second-order valence-corrected chi connectivity index (χ2v) is 5.55. The zero-order valence-corrected chi connectivity index (χ0v) is 14.1. The van der Waals surface area contributed by atoms with Gasteiger partial charge in [0.15, 0.2) is 6.10 Å². The summed E-state index contributed by atoms with van der Waals surface area (Å²) in [5.74, 6) is -0.928. The first-order chi connectivity index (χ1) is 12.6. The molecule has 1 heterocycles. The molecule has 0 aliphatic rings. The van der Waals surface area contributed by atoms with E-state index in [1.54, 1.807) is 24.3 Å². The Kier molecular flexibility index (Phi) is 5.33.